The van der Waals surface area contributed by atoms with Crippen LogP contribution in [0.4, 0.5) is 0 Å². The molecule has 3 heteroatoms. The average molecular weight is 249 g/mol. The van der Waals surface area contributed by atoms with Gasteiger partial charge in [0.2, 0.25) is 0 Å². The predicted molar refractivity (Wildman–Crippen MR) is 73.6 cm³/mol. The Kier molecular flexibility index (Phi) is 3.28. The van der Waals surface area contributed by atoms with E-state index in [9.17, 15) is 0 Å². The molecule has 1 aliphatic rings. The van der Waals surface area contributed by atoms with Crippen LogP contribution in [0.1, 0.15) is 32.8 Å². The third-order valence-corrected chi connectivity index (χ3v) is 4.57. The van der Waals surface area contributed by atoms with Crippen molar-refractivity contribution in [1.29, 1.82) is 0 Å². The van der Waals surface area contributed by atoms with Gasteiger partial charge in [-0.2, -0.15) is 0 Å². The highest BCUT2D eigenvalue weighted by atomic mass is 16.5. The van der Waals surface area contributed by atoms with Gasteiger partial charge < -0.3 is 14.8 Å². The molecule has 0 amide bonds. The van der Waals surface area contributed by atoms with E-state index in [-0.39, 0.29) is 11.0 Å². The van der Waals surface area contributed by atoms with Crippen molar-refractivity contribution >= 4 is 0 Å². The zero-order chi connectivity index (χ0) is 13.4. The van der Waals surface area contributed by atoms with Gasteiger partial charge in [-0.3, -0.25) is 0 Å². The van der Waals surface area contributed by atoms with E-state index in [1.165, 1.54) is 5.56 Å². The quantitative estimate of drug-likeness (QED) is 0.893. The van der Waals surface area contributed by atoms with Gasteiger partial charge in [0.1, 0.15) is 11.5 Å². The minimum Gasteiger partial charge on any atom is -0.497 e. The van der Waals surface area contributed by atoms with Gasteiger partial charge in [-0.25, -0.2) is 0 Å². The molecule has 0 spiro atoms. The number of rotatable bonds is 3. The lowest BCUT2D eigenvalue weighted by Crippen LogP contribution is -2.47. The predicted octanol–water partition coefficient (Wildman–Crippen LogP) is 2.73. The Morgan fingerprint density at radius 1 is 1.11 bits per heavy atom. The van der Waals surface area contributed by atoms with Crippen molar-refractivity contribution in [3.63, 3.8) is 0 Å². The molecule has 1 fully saturated rings. The minimum atomic E-state index is 0.0483. The fourth-order valence-electron chi connectivity index (χ4n) is 2.85. The third kappa shape index (κ3) is 1.87. The molecule has 1 aliphatic heterocycles. The molecule has 0 bridgehead atoms. The lowest BCUT2D eigenvalue weighted by Gasteiger charge is -2.39. The Bertz CT molecular complexity index is 442. The molecule has 2 rings (SSSR count). The van der Waals surface area contributed by atoms with Gasteiger partial charge in [-0.1, -0.05) is 6.92 Å². The van der Waals surface area contributed by atoms with E-state index in [1.54, 1.807) is 14.2 Å². The van der Waals surface area contributed by atoms with Crippen LogP contribution in [0, 0.1) is 0 Å². The highest BCUT2D eigenvalue weighted by Crippen LogP contribution is 2.46. The summed E-state index contributed by atoms with van der Waals surface area (Å²) in [6.45, 7) is 7.83. The summed E-state index contributed by atoms with van der Waals surface area (Å²) in [6, 6.07) is 6.04. The summed E-state index contributed by atoms with van der Waals surface area (Å²) in [6.07, 6.45) is 1.10. The number of benzene rings is 1. The Morgan fingerprint density at radius 3 is 2.33 bits per heavy atom. The fraction of sp³-hybridized carbons (Fsp3) is 0.600. The molecule has 1 heterocycles. The normalized spacial score (nSPS) is 26.1. The van der Waals surface area contributed by atoms with Crippen molar-refractivity contribution < 1.29 is 9.47 Å². The smallest absolute Gasteiger partial charge is 0.122 e. The van der Waals surface area contributed by atoms with E-state index in [0.717, 1.165) is 24.5 Å². The molecule has 1 saturated heterocycles. The summed E-state index contributed by atoms with van der Waals surface area (Å²) in [4.78, 5) is 0. The van der Waals surface area contributed by atoms with Crippen LogP contribution in [0.25, 0.3) is 0 Å². The van der Waals surface area contributed by atoms with Gasteiger partial charge in [0.15, 0.2) is 0 Å². The van der Waals surface area contributed by atoms with Gasteiger partial charge in [-0.05, 0) is 45.0 Å². The van der Waals surface area contributed by atoms with Crippen molar-refractivity contribution in [2.75, 3.05) is 20.8 Å². The molecule has 1 N–H and O–H groups in total. The van der Waals surface area contributed by atoms with Crippen LogP contribution in [-0.4, -0.2) is 26.3 Å². The van der Waals surface area contributed by atoms with Crippen LogP contribution in [0.15, 0.2) is 18.2 Å². The number of nitrogens with one attached hydrogen (secondary N) is 1. The molecule has 0 aromatic heterocycles. The summed E-state index contributed by atoms with van der Waals surface area (Å²) in [5.41, 5.74) is 1.32. The zero-order valence-corrected chi connectivity index (χ0v) is 12.0. The Morgan fingerprint density at radius 2 is 1.83 bits per heavy atom. The molecular weight excluding hydrogens is 226 g/mol. The maximum absolute atomic E-state index is 5.53. The van der Waals surface area contributed by atoms with E-state index < -0.39 is 0 Å². The van der Waals surface area contributed by atoms with Crippen LogP contribution >= 0.6 is 0 Å². The molecule has 0 aliphatic carbocycles. The molecule has 0 saturated carbocycles. The van der Waals surface area contributed by atoms with Crippen LogP contribution in [0.2, 0.25) is 0 Å². The van der Waals surface area contributed by atoms with E-state index in [4.69, 9.17) is 9.47 Å². The number of methoxy groups -OCH3 is 2. The van der Waals surface area contributed by atoms with Gasteiger partial charge in [0.05, 0.1) is 14.2 Å². The molecule has 1 unspecified atom stereocenters. The summed E-state index contributed by atoms with van der Waals surface area (Å²) >= 11 is 0. The summed E-state index contributed by atoms with van der Waals surface area (Å²) < 4.78 is 10.9. The minimum absolute atomic E-state index is 0.0483. The second-order valence-electron chi connectivity index (χ2n) is 5.70. The first-order valence-corrected chi connectivity index (χ1v) is 6.42. The highest BCUT2D eigenvalue weighted by molar-refractivity contribution is 5.47. The molecule has 1 atom stereocenters. The SMILES string of the molecule is COc1ccc(OC)c(C2(C)CCNC2(C)C)c1. The molecule has 1 aromatic rings. The lowest BCUT2D eigenvalue weighted by molar-refractivity contribution is 0.283. The number of hydrogen-bond acceptors (Lipinski definition) is 3. The zero-order valence-electron chi connectivity index (χ0n) is 12.0. The average Bonchev–Trinajstić information content (AvgIpc) is 2.64. The first-order valence-electron chi connectivity index (χ1n) is 6.42. The van der Waals surface area contributed by atoms with Crippen LogP contribution in [-0.2, 0) is 5.41 Å². The van der Waals surface area contributed by atoms with Gasteiger partial charge in [-0.15, -0.1) is 0 Å². The fourth-order valence-corrected chi connectivity index (χ4v) is 2.85. The monoisotopic (exact) mass is 249 g/mol. The van der Waals surface area contributed by atoms with Crippen molar-refractivity contribution in [1.82, 2.24) is 5.32 Å². The lowest BCUT2D eigenvalue weighted by atomic mass is 9.68. The van der Waals surface area contributed by atoms with Crippen molar-refractivity contribution in [3.05, 3.63) is 23.8 Å². The van der Waals surface area contributed by atoms with Crippen LogP contribution in [0.3, 0.4) is 0 Å². The summed E-state index contributed by atoms with van der Waals surface area (Å²) in [7, 11) is 3.43. The largest absolute Gasteiger partial charge is 0.497 e. The maximum Gasteiger partial charge on any atom is 0.122 e. The van der Waals surface area contributed by atoms with E-state index in [0.29, 0.717) is 0 Å². The van der Waals surface area contributed by atoms with Crippen LogP contribution in [0.5, 0.6) is 11.5 Å². The third-order valence-electron chi connectivity index (χ3n) is 4.57. The molecular formula is C15H23NO2. The van der Waals surface area contributed by atoms with Crippen molar-refractivity contribution in [2.24, 2.45) is 0 Å². The second-order valence-corrected chi connectivity index (χ2v) is 5.70. The molecule has 3 nitrogen and oxygen atoms in total. The van der Waals surface area contributed by atoms with E-state index in [2.05, 4.69) is 32.2 Å². The maximum atomic E-state index is 5.53. The van der Waals surface area contributed by atoms with Crippen LogP contribution < -0.4 is 14.8 Å². The molecule has 18 heavy (non-hydrogen) atoms. The Balaban J connectivity index is 2.55. The molecule has 100 valence electrons. The van der Waals surface area contributed by atoms with Crippen molar-refractivity contribution in [2.45, 2.75) is 38.1 Å². The van der Waals surface area contributed by atoms with Gasteiger partial charge in [0.25, 0.3) is 0 Å². The first-order chi connectivity index (χ1) is 8.44. The number of ether oxygens (including phenoxy) is 2. The van der Waals surface area contributed by atoms with Crippen molar-refractivity contribution in [3.8, 4) is 11.5 Å². The molecule has 0 radical (unpaired) electrons. The number of hydrogen-bond donors (Lipinski definition) is 1. The van der Waals surface area contributed by atoms with E-state index in [1.807, 2.05) is 12.1 Å². The summed E-state index contributed by atoms with van der Waals surface area (Å²) in [5.74, 6) is 1.82. The van der Waals surface area contributed by atoms with E-state index >= 15 is 0 Å². The Labute approximate surface area is 109 Å². The van der Waals surface area contributed by atoms with Gasteiger partial charge in [0, 0.05) is 16.5 Å². The summed E-state index contributed by atoms with van der Waals surface area (Å²) in [5, 5.41) is 3.58. The second kappa shape index (κ2) is 4.47. The highest BCUT2D eigenvalue weighted by Gasteiger charge is 2.47. The standard InChI is InChI=1S/C15H23NO2/c1-14(2)15(3,8-9-16-14)12-10-11(17-4)6-7-13(12)18-5/h6-7,10,16H,8-9H2,1-5H3. The first kappa shape index (κ1) is 13.2. The van der Waals surface area contributed by atoms with Gasteiger partial charge >= 0.3 is 0 Å². The molecule has 1 aromatic carbocycles. The topological polar surface area (TPSA) is 30.5 Å². The Hall–Kier alpha value is -1.22.